The van der Waals surface area contributed by atoms with Crippen molar-refractivity contribution < 1.29 is 4.74 Å². The smallest absolute Gasteiger partial charge is 0.0591 e. The van der Waals surface area contributed by atoms with E-state index in [9.17, 15) is 0 Å². The number of unbranched alkanes of at least 4 members (excludes halogenated alkanes) is 1. The van der Waals surface area contributed by atoms with Crippen LogP contribution in [0.1, 0.15) is 33.1 Å². The molecule has 0 aliphatic heterocycles. The van der Waals surface area contributed by atoms with Gasteiger partial charge in [0, 0.05) is 30.5 Å². The Morgan fingerprint density at radius 3 is 2.27 bits per heavy atom. The molecule has 2 nitrogen and oxygen atoms in total. The Labute approximate surface area is 104 Å². The minimum Gasteiger partial charge on any atom is -0.380 e. The first-order valence-electron chi connectivity index (χ1n) is 5.69. The first-order chi connectivity index (χ1) is 7.24. The van der Waals surface area contributed by atoms with Crippen LogP contribution < -0.4 is 5.32 Å². The molecule has 0 unspecified atom stereocenters. The fourth-order valence-electron chi connectivity index (χ4n) is 1.18. The molecule has 0 bridgehead atoms. The van der Waals surface area contributed by atoms with Crippen molar-refractivity contribution in [1.82, 2.24) is 5.32 Å². The van der Waals surface area contributed by atoms with Gasteiger partial charge in [0.2, 0.25) is 0 Å². The van der Waals surface area contributed by atoms with Gasteiger partial charge in [0.05, 0.1) is 6.61 Å². The third kappa shape index (κ3) is 6.62. The van der Waals surface area contributed by atoms with Crippen LogP contribution in [0.25, 0.3) is 0 Å². The maximum Gasteiger partial charge on any atom is 0.0591 e. The second-order valence-corrected chi connectivity index (χ2v) is 4.33. The third-order valence-corrected chi connectivity index (χ3v) is 3.60. The summed E-state index contributed by atoms with van der Waals surface area (Å²) in [6.07, 6.45) is 3.24. The fourth-order valence-corrected chi connectivity index (χ4v) is 2.03. The summed E-state index contributed by atoms with van der Waals surface area (Å²) in [5, 5.41) is 3.37. The second-order valence-electron chi connectivity index (χ2n) is 3.79. The van der Waals surface area contributed by atoms with E-state index in [-0.39, 0.29) is 5.54 Å². The van der Waals surface area contributed by atoms with E-state index in [1.165, 1.54) is 6.42 Å². The van der Waals surface area contributed by atoms with Crippen LogP contribution in [-0.4, -0.2) is 37.1 Å². The molecule has 0 spiro atoms. The lowest BCUT2D eigenvalue weighted by atomic mass is 10.0. The van der Waals surface area contributed by atoms with Crippen LogP contribution in [-0.2, 0) is 4.74 Å². The maximum absolute atomic E-state index is 5.90. The van der Waals surface area contributed by atoms with Gasteiger partial charge in [0.1, 0.15) is 0 Å². The van der Waals surface area contributed by atoms with Gasteiger partial charge in [-0.1, -0.05) is 20.3 Å². The van der Waals surface area contributed by atoms with Crippen molar-refractivity contribution in [2.24, 2.45) is 0 Å². The molecule has 0 aliphatic carbocycles. The molecule has 0 amide bonds. The molecule has 92 valence electrons. The summed E-state index contributed by atoms with van der Waals surface area (Å²) < 4.78 is 5.45. The van der Waals surface area contributed by atoms with Gasteiger partial charge < -0.3 is 10.1 Å². The molecule has 0 aromatic rings. The molecule has 0 atom stereocenters. The topological polar surface area (TPSA) is 21.3 Å². The summed E-state index contributed by atoms with van der Waals surface area (Å²) in [6.45, 7) is 6.64. The number of alkyl halides is 2. The van der Waals surface area contributed by atoms with E-state index in [0.29, 0.717) is 11.8 Å². The number of rotatable bonds is 10. The van der Waals surface area contributed by atoms with E-state index >= 15 is 0 Å². The number of hydrogen-bond donors (Lipinski definition) is 1. The van der Waals surface area contributed by atoms with E-state index in [1.54, 1.807) is 0 Å². The summed E-state index contributed by atoms with van der Waals surface area (Å²) in [7, 11) is 0. The molecule has 4 heteroatoms. The van der Waals surface area contributed by atoms with E-state index in [1.807, 2.05) is 0 Å². The Kier molecular flexibility index (Phi) is 10.0. The predicted molar refractivity (Wildman–Crippen MR) is 68.2 cm³/mol. The van der Waals surface area contributed by atoms with Gasteiger partial charge in [-0.15, -0.1) is 23.2 Å². The normalized spacial score (nSPS) is 12.0. The first-order valence-corrected chi connectivity index (χ1v) is 6.76. The monoisotopic (exact) mass is 255 g/mol. The summed E-state index contributed by atoms with van der Waals surface area (Å²) >= 11 is 11.8. The molecule has 0 saturated heterocycles. The fraction of sp³-hybridized carbons (Fsp3) is 1.00. The zero-order chi connectivity index (χ0) is 11.6. The van der Waals surface area contributed by atoms with Crippen molar-refractivity contribution >= 4 is 23.2 Å². The summed E-state index contributed by atoms with van der Waals surface area (Å²) in [4.78, 5) is 0. The molecular formula is C11H23Cl2NO. The van der Waals surface area contributed by atoms with Crippen LogP contribution in [0.4, 0.5) is 0 Å². The molecule has 0 aromatic carbocycles. The highest BCUT2D eigenvalue weighted by molar-refractivity contribution is 6.22. The second kappa shape index (κ2) is 9.71. The highest BCUT2D eigenvalue weighted by Crippen LogP contribution is 2.14. The Morgan fingerprint density at radius 1 is 1.13 bits per heavy atom. The molecular weight excluding hydrogens is 233 g/mol. The molecule has 0 rings (SSSR count). The lowest BCUT2D eigenvalue weighted by molar-refractivity contribution is 0.127. The van der Waals surface area contributed by atoms with Gasteiger partial charge in [0.25, 0.3) is 0 Å². The highest BCUT2D eigenvalue weighted by atomic mass is 35.5. The summed E-state index contributed by atoms with van der Waals surface area (Å²) in [5.74, 6) is 1.09. The lowest BCUT2D eigenvalue weighted by Crippen LogP contribution is -2.49. The van der Waals surface area contributed by atoms with Crippen LogP contribution in [0.15, 0.2) is 0 Å². The van der Waals surface area contributed by atoms with Crippen molar-refractivity contribution in [3.05, 3.63) is 0 Å². The first kappa shape index (κ1) is 15.5. The average molecular weight is 256 g/mol. The zero-order valence-electron chi connectivity index (χ0n) is 9.82. The van der Waals surface area contributed by atoms with Crippen LogP contribution in [0.3, 0.4) is 0 Å². The van der Waals surface area contributed by atoms with Crippen LogP contribution in [0.5, 0.6) is 0 Å². The van der Waals surface area contributed by atoms with E-state index in [2.05, 4.69) is 19.2 Å². The molecule has 0 heterocycles. The van der Waals surface area contributed by atoms with E-state index < -0.39 is 0 Å². The highest BCUT2D eigenvalue weighted by Gasteiger charge is 2.24. The van der Waals surface area contributed by atoms with Gasteiger partial charge in [-0.3, -0.25) is 0 Å². The van der Waals surface area contributed by atoms with Gasteiger partial charge in [-0.05, 0) is 12.8 Å². The zero-order valence-corrected chi connectivity index (χ0v) is 11.3. The van der Waals surface area contributed by atoms with Crippen molar-refractivity contribution in [3.8, 4) is 0 Å². The largest absolute Gasteiger partial charge is 0.380 e. The summed E-state index contributed by atoms with van der Waals surface area (Å²) in [6, 6.07) is 0. The molecule has 0 aliphatic rings. The van der Waals surface area contributed by atoms with Crippen molar-refractivity contribution in [2.75, 3.05) is 31.5 Å². The van der Waals surface area contributed by atoms with E-state index in [4.69, 9.17) is 27.9 Å². The van der Waals surface area contributed by atoms with Crippen LogP contribution in [0.2, 0.25) is 0 Å². The molecule has 1 N–H and O–H groups in total. The van der Waals surface area contributed by atoms with Crippen molar-refractivity contribution in [3.63, 3.8) is 0 Å². The van der Waals surface area contributed by atoms with Crippen LogP contribution >= 0.6 is 23.2 Å². The van der Waals surface area contributed by atoms with E-state index in [0.717, 1.165) is 32.6 Å². The standard InChI is InChI=1S/C11H23Cl2NO/c1-3-5-7-15-8-6-14-11(4-2,9-12)10-13/h14H,3-10H2,1-2H3. The Hall–Kier alpha value is 0.500. The molecule has 0 fully saturated rings. The Bertz CT molecular complexity index is 132. The maximum atomic E-state index is 5.90. The number of ether oxygens (including phenoxy) is 1. The number of halogens is 2. The van der Waals surface area contributed by atoms with Crippen LogP contribution in [0, 0.1) is 0 Å². The molecule has 0 radical (unpaired) electrons. The number of nitrogens with one attached hydrogen (secondary N) is 1. The van der Waals surface area contributed by atoms with Gasteiger partial charge in [0.15, 0.2) is 0 Å². The Morgan fingerprint density at radius 2 is 1.80 bits per heavy atom. The predicted octanol–water partition coefficient (Wildman–Crippen LogP) is 3.02. The van der Waals surface area contributed by atoms with Gasteiger partial charge in [-0.2, -0.15) is 0 Å². The SMILES string of the molecule is CCCCOCCNC(CC)(CCl)CCl. The minimum atomic E-state index is -0.128. The van der Waals surface area contributed by atoms with Gasteiger partial charge in [-0.25, -0.2) is 0 Å². The molecule has 15 heavy (non-hydrogen) atoms. The quantitative estimate of drug-likeness (QED) is 0.479. The lowest BCUT2D eigenvalue weighted by Gasteiger charge is -2.29. The molecule has 0 aromatic heterocycles. The van der Waals surface area contributed by atoms with Gasteiger partial charge >= 0.3 is 0 Å². The molecule has 0 saturated carbocycles. The third-order valence-electron chi connectivity index (χ3n) is 2.58. The summed E-state index contributed by atoms with van der Waals surface area (Å²) in [5.41, 5.74) is -0.128. The van der Waals surface area contributed by atoms with Crippen molar-refractivity contribution in [2.45, 2.75) is 38.6 Å². The minimum absolute atomic E-state index is 0.128. The average Bonchev–Trinajstić information content (AvgIpc) is 2.29. The number of hydrogen-bond acceptors (Lipinski definition) is 2. The Balaban J connectivity index is 3.54. The van der Waals surface area contributed by atoms with Crippen molar-refractivity contribution in [1.29, 1.82) is 0 Å².